The first-order valence-electron chi connectivity index (χ1n) is 5.48. The number of aliphatic carboxylic acids is 1. The van der Waals surface area contributed by atoms with Crippen molar-refractivity contribution in [2.24, 2.45) is 7.05 Å². The van der Waals surface area contributed by atoms with E-state index in [1.54, 1.807) is 12.4 Å². The number of carbonyl (C=O) groups is 1. The number of imidazole rings is 2. The number of aryl methyl sites for hydroxylation is 3. The lowest BCUT2D eigenvalue weighted by Gasteiger charge is -2.06. The van der Waals surface area contributed by atoms with Crippen molar-refractivity contribution < 1.29 is 9.90 Å². The average Bonchev–Trinajstić information content (AvgIpc) is 2.92. The van der Waals surface area contributed by atoms with Crippen molar-refractivity contribution in [2.45, 2.75) is 18.1 Å². The summed E-state index contributed by atoms with van der Waals surface area (Å²) in [6, 6.07) is 0. The van der Waals surface area contributed by atoms with Gasteiger partial charge in [0.1, 0.15) is 5.82 Å². The summed E-state index contributed by atoms with van der Waals surface area (Å²) >= 11 is 1.23. The Morgan fingerprint density at radius 1 is 1.39 bits per heavy atom. The Morgan fingerprint density at radius 3 is 2.83 bits per heavy atom. The van der Waals surface area contributed by atoms with E-state index in [1.165, 1.54) is 11.8 Å². The van der Waals surface area contributed by atoms with E-state index in [0.717, 1.165) is 23.9 Å². The van der Waals surface area contributed by atoms with Crippen molar-refractivity contribution >= 4 is 17.7 Å². The number of hydrogen-bond acceptors (Lipinski definition) is 4. The second-order valence-corrected chi connectivity index (χ2v) is 4.73. The fraction of sp³-hybridized carbons (Fsp3) is 0.364. The van der Waals surface area contributed by atoms with E-state index in [-0.39, 0.29) is 5.75 Å². The zero-order chi connectivity index (χ0) is 13.0. The quantitative estimate of drug-likeness (QED) is 0.791. The summed E-state index contributed by atoms with van der Waals surface area (Å²) in [5.74, 6) is 0.191. The van der Waals surface area contributed by atoms with Gasteiger partial charge in [0.15, 0.2) is 5.16 Å². The molecule has 0 aliphatic rings. The zero-order valence-corrected chi connectivity index (χ0v) is 10.8. The Bertz CT molecular complexity index is 535. The maximum atomic E-state index is 10.5. The molecule has 0 radical (unpaired) electrons. The minimum absolute atomic E-state index is 0.0272. The topological polar surface area (TPSA) is 72.9 Å². The van der Waals surface area contributed by atoms with E-state index in [4.69, 9.17) is 5.11 Å². The highest BCUT2D eigenvalue weighted by atomic mass is 32.2. The summed E-state index contributed by atoms with van der Waals surface area (Å²) in [6.07, 6.45) is 8.00. The van der Waals surface area contributed by atoms with E-state index in [0.29, 0.717) is 0 Å². The van der Waals surface area contributed by atoms with Gasteiger partial charge in [-0.25, -0.2) is 9.97 Å². The SMILES string of the molecule is Cn1ccnc1CCn1ccnc1SCC(=O)O. The van der Waals surface area contributed by atoms with Crippen LogP contribution in [0, 0.1) is 0 Å². The third kappa shape index (κ3) is 3.13. The number of hydrogen-bond donors (Lipinski definition) is 1. The van der Waals surface area contributed by atoms with Crippen LogP contribution >= 0.6 is 11.8 Å². The molecule has 2 aromatic rings. The highest BCUT2D eigenvalue weighted by Gasteiger charge is 2.07. The second kappa shape index (κ2) is 5.72. The molecule has 0 fully saturated rings. The van der Waals surface area contributed by atoms with Gasteiger partial charge in [0.25, 0.3) is 0 Å². The molecule has 0 bridgehead atoms. The molecule has 2 aromatic heterocycles. The maximum absolute atomic E-state index is 10.5. The molecular weight excluding hydrogens is 252 g/mol. The van der Waals surface area contributed by atoms with E-state index in [1.807, 2.05) is 28.6 Å². The van der Waals surface area contributed by atoms with Crippen molar-refractivity contribution in [3.8, 4) is 0 Å². The molecule has 0 amide bonds. The molecule has 18 heavy (non-hydrogen) atoms. The number of carboxylic acids is 1. The van der Waals surface area contributed by atoms with Crippen molar-refractivity contribution in [1.29, 1.82) is 0 Å². The first kappa shape index (κ1) is 12.7. The van der Waals surface area contributed by atoms with Gasteiger partial charge in [-0.1, -0.05) is 11.8 Å². The van der Waals surface area contributed by atoms with Crippen LogP contribution in [0.3, 0.4) is 0 Å². The van der Waals surface area contributed by atoms with E-state index < -0.39 is 5.97 Å². The van der Waals surface area contributed by atoms with Crippen molar-refractivity contribution in [1.82, 2.24) is 19.1 Å². The van der Waals surface area contributed by atoms with Crippen LogP contribution in [-0.4, -0.2) is 35.9 Å². The molecule has 2 rings (SSSR count). The smallest absolute Gasteiger partial charge is 0.313 e. The lowest BCUT2D eigenvalue weighted by Crippen LogP contribution is -2.07. The Hall–Kier alpha value is -1.76. The summed E-state index contributed by atoms with van der Waals surface area (Å²) < 4.78 is 3.92. The Balaban J connectivity index is 1.95. The monoisotopic (exact) mass is 266 g/mol. The molecule has 0 unspecified atom stereocenters. The van der Waals surface area contributed by atoms with Gasteiger partial charge in [-0.3, -0.25) is 4.79 Å². The van der Waals surface area contributed by atoms with E-state index in [2.05, 4.69) is 9.97 Å². The van der Waals surface area contributed by atoms with E-state index in [9.17, 15) is 4.79 Å². The van der Waals surface area contributed by atoms with Gasteiger partial charge in [0.05, 0.1) is 5.75 Å². The fourth-order valence-electron chi connectivity index (χ4n) is 1.59. The van der Waals surface area contributed by atoms with Gasteiger partial charge in [-0.2, -0.15) is 0 Å². The molecule has 0 aromatic carbocycles. The lowest BCUT2D eigenvalue weighted by molar-refractivity contribution is -0.133. The highest BCUT2D eigenvalue weighted by Crippen LogP contribution is 2.15. The van der Waals surface area contributed by atoms with Crippen LogP contribution in [0.15, 0.2) is 29.9 Å². The number of thioether (sulfide) groups is 1. The molecule has 0 spiro atoms. The van der Waals surface area contributed by atoms with Gasteiger partial charge in [-0.15, -0.1) is 0 Å². The van der Waals surface area contributed by atoms with Crippen molar-refractivity contribution in [3.63, 3.8) is 0 Å². The van der Waals surface area contributed by atoms with Crippen LogP contribution in [0.25, 0.3) is 0 Å². The molecule has 0 saturated carbocycles. The Labute approximate surface area is 109 Å². The molecule has 0 saturated heterocycles. The number of aromatic nitrogens is 4. The normalized spacial score (nSPS) is 10.7. The predicted molar refractivity (Wildman–Crippen MR) is 67.5 cm³/mol. The summed E-state index contributed by atoms with van der Waals surface area (Å²) in [6.45, 7) is 0.743. The minimum Gasteiger partial charge on any atom is -0.481 e. The summed E-state index contributed by atoms with van der Waals surface area (Å²) in [4.78, 5) is 18.9. The Morgan fingerprint density at radius 2 is 2.17 bits per heavy atom. The predicted octanol–water partition coefficient (Wildman–Crippen LogP) is 1.04. The molecule has 6 nitrogen and oxygen atoms in total. The largest absolute Gasteiger partial charge is 0.481 e. The highest BCUT2D eigenvalue weighted by molar-refractivity contribution is 7.99. The van der Waals surface area contributed by atoms with Crippen LogP contribution < -0.4 is 0 Å². The van der Waals surface area contributed by atoms with Gasteiger partial charge in [0.2, 0.25) is 0 Å². The van der Waals surface area contributed by atoms with Gasteiger partial charge >= 0.3 is 5.97 Å². The standard InChI is InChI=1S/C11H14N4O2S/c1-14-6-3-12-9(14)2-5-15-7-4-13-11(15)18-8-10(16)17/h3-4,6-7H,2,5,8H2,1H3,(H,16,17). The molecule has 2 heterocycles. The summed E-state index contributed by atoms with van der Waals surface area (Å²) in [5, 5.41) is 9.38. The minimum atomic E-state index is -0.835. The molecule has 96 valence electrons. The maximum Gasteiger partial charge on any atom is 0.313 e. The average molecular weight is 266 g/mol. The van der Waals surface area contributed by atoms with Gasteiger partial charge < -0.3 is 14.2 Å². The van der Waals surface area contributed by atoms with Gasteiger partial charge in [-0.05, 0) is 0 Å². The molecule has 7 heteroatoms. The van der Waals surface area contributed by atoms with Crippen LogP contribution in [-0.2, 0) is 24.8 Å². The second-order valence-electron chi connectivity index (χ2n) is 3.79. The van der Waals surface area contributed by atoms with Crippen molar-refractivity contribution in [3.05, 3.63) is 30.6 Å². The molecular formula is C11H14N4O2S. The van der Waals surface area contributed by atoms with Gasteiger partial charge in [0, 0.05) is 44.8 Å². The molecule has 0 aliphatic heterocycles. The van der Waals surface area contributed by atoms with Crippen molar-refractivity contribution in [2.75, 3.05) is 5.75 Å². The third-order valence-electron chi connectivity index (χ3n) is 2.50. The van der Waals surface area contributed by atoms with Crippen LogP contribution in [0.5, 0.6) is 0 Å². The van der Waals surface area contributed by atoms with Crippen LogP contribution in [0.4, 0.5) is 0 Å². The number of rotatable bonds is 6. The zero-order valence-electron chi connectivity index (χ0n) is 9.98. The summed E-state index contributed by atoms with van der Waals surface area (Å²) in [5.41, 5.74) is 0. The first-order chi connectivity index (χ1) is 8.66. The number of carboxylic acid groups (broad SMARTS) is 1. The van der Waals surface area contributed by atoms with Crippen LogP contribution in [0.1, 0.15) is 5.82 Å². The summed E-state index contributed by atoms with van der Waals surface area (Å²) in [7, 11) is 1.95. The fourth-order valence-corrected chi connectivity index (χ4v) is 2.30. The van der Waals surface area contributed by atoms with E-state index >= 15 is 0 Å². The molecule has 0 atom stereocenters. The number of nitrogens with zero attached hydrogens (tertiary/aromatic N) is 4. The van der Waals surface area contributed by atoms with Crippen LogP contribution in [0.2, 0.25) is 0 Å². The lowest BCUT2D eigenvalue weighted by atomic mass is 10.4. The molecule has 1 N–H and O–H groups in total. The molecule has 0 aliphatic carbocycles. The third-order valence-corrected chi connectivity index (χ3v) is 3.49. The first-order valence-corrected chi connectivity index (χ1v) is 6.47. The Kier molecular flexibility index (Phi) is 4.03.